The lowest BCUT2D eigenvalue weighted by molar-refractivity contribution is -0.385. The number of piperidine rings is 1. The van der Waals surface area contributed by atoms with E-state index in [0.717, 1.165) is 0 Å². The summed E-state index contributed by atoms with van der Waals surface area (Å²) in [4.78, 5) is 38.8. The van der Waals surface area contributed by atoms with Gasteiger partial charge in [0.25, 0.3) is 11.6 Å². The fraction of sp³-hybridized carbons (Fsp3) is 0.417. The summed E-state index contributed by atoms with van der Waals surface area (Å²) in [5.41, 5.74) is 0.131. The van der Waals surface area contributed by atoms with Crippen LogP contribution in [0.4, 0.5) is 5.69 Å². The molecule has 2 aliphatic heterocycles. The van der Waals surface area contributed by atoms with Crippen LogP contribution in [0.15, 0.2) is 30.3 Å². The Morgan fingerprint density at radius 1 is 1.09 bits per heavy atom. The van der Waals surface area contributed by atoms with Crippen LogP contribution in [0.5, 0.6) is 23.0 Å². The molecule has 180 valence electrons. The van der Waals surface area contributed by atoms with Crippen LogP contribution in [0.2, 0.25) is 0 Å². The molecular weight excluding hydrogens is 444 g/mol. The monoisotopic (exact) mass is 470 g/mol. The number of fused-ring (bicyclic) bond motifs is 1. The van der Waals surface area contributed by atoms with Crippen LogP contribution in [-0.4, -0.2) is 61.5 Å². The van der Waals surface area contributed by atoms with Crippen molar-refractivity contribution in [2.45, 2.75) is 19.8 Å². The third-order valence-corrected chi connectivity index (χ3v) is 5.99. The Bertz CT molecular complexity index is 1110. The highest BCUT2D eigenvalue weighted by molar-refractivity contribution is 6.00. The fourth-order valence-electron chi connectivity index (χ4n) is 4.25. The van der Waals surface area contributed by atoms with Gasteiger partial charge in [0.05, 0.1) is 24.7 Å². The zero-order valence-corrected chi connectivity index (χ0v) is 19.1. The van der Waals surface area contributed by atoms with Crippen molar-refractivity contribution in [3.8, 4) is 23.0 Å². The lowest BCUT2D eigenvalue weighted by Gasteiger charge is -2.31. The first-order chi connectivity index (χ1) is 16.4. The number of likely N-dealkylation sites (tertiary alicyclic amines) is 1. The van der Waals surface area contributed by atoms with Crippen LogP contribution in [0.3, 0.4) is 0 Å². The molecule has 2 aromatic rings. The van der Waals surface area contributed by atoms with Gasteiger partial charge >= 0.3 is 0 Å². The van der Waals surface area contributed by atoms with E-state index in [1.165, 1.54) is 24.1 Å². The van der Waals surface area contributed by atoms with Gasteiger partial charge in [-0.15, -0.1) is 0 Å². The van der Waals surface area contributed by atoms with Crippen molar-refractivity contribution in [3.05, 3.63) is 51.6 Å². The molecule has 0 radical (unpaired) electrons. The number of nitrogens with zero attached hydrogens (tertiary/aromatic N) is 2. The maximum Gasteiger partial charge on any atom is 0.286 e. The van der Waals surface area contributed by atoms with E-state index >= 15 is 0 Å². The molecular formula is C24H26N2O8. The Morgan fingerprint density at radius 2 is 1.79 bits per heavy atom. The van der Waals surface area contributed by atoms with Gasteiger partial charge in [0, 0.05) is 30.6 Å². The van der Waals surface area contributed by atoms with Gasteiger partial charge in [-0.05, 0) is 38.0 Å². The first kappa shape index (κ1) is 23.3. The molecule has 1 amide bonds. The molecule has 0 bridgehead atoms. The number of nitro groups is 1. The quantitative estimate of drug-likeness (QED) is 0.343. The van der Waals surface area contributed by atoms with Crippen molar-refractivity contribution >= 4 is 17.4 Å². The van der Waals surface area contributed by atoms with E-state index in [-0.39, 0.29) is 34.5 Å². The first-order valence-corrected chi connectivity index (χ1v) is 11.1. The second-order valence-electron chi connectivity index (χ2n) is 8.00. The van der Waals surface area contributed by atoms with Gasteiger partial charge in [-0.25, -0.2) is 0 Å². The number of carbonyl (C=O) groups excluding carboxylic acids is 2. The molecule has 2 heterocycles. The van der Waals surface area contributed by atoms with Crippen molar-refractivity contribution in [2.75, 3.05) is 40.0 Å². The van der Waals surface area contributed by atoms with Crippen molar-refractivity contribution in [2.24, 2.45) is 5.92 Å². The highest BCUT2D eigenvalue weighted by atomic mass is 16.6. The number of amides is 1. The molecule has 0 atom stereocenters. The summed E-state index contributed by atoms with van der Waals surface area (Å²) in [6.45, 7) is 3.59. The molecule has 0 N–H and O–H groups in total. The predicted molar refractivity (Wildman–Crippen MR) is 121 cm³/mol. The molecule has 2 aliphatic rings. The summed E-state index contributed by atoms with van der Waals surface area (Å²) in [5, 5.41) is 11.6. The van der Waals surface area contributed by atoms with E-state index in [0.29, 0.717) is 62.8 Å². The zero-order valence-electron chi connectivity index (χ0n) is 19.1. The average Bonchev–Trinajstić information content (AvgIpc) is 2.87. The Morgan fingerprint density at radius 3 is 2.44 bits per heavy atom. The van der Waals surface area contributed by atoms with E-state index in [9.17, 15) is 19.7 Å². The number of nitro benzene ring substituents is 1. The molecule has 2 aromatic carbocycles. The summed E-state index contributed by atoms with van der Waals surface area (Å²) in [6, 6.07) is 7.72. The Labute approximate surface area is 196 Å². The highest BCUT2D eigenvalue weighted by Crippen LogP contribution is 2.36. The minimum atomic E-state index is -0.604. The van der Waals surface area contributed by atoms with Gasteiger partial charge in [0.2, 0.25) is 0 Å². The number of benzene rings is 2. The number of Topliss-reactive ketones (excluding diaryl/α,β-unsaturated/α-hetero) is 1. The van der Waals surface area contributed by atoms with Gasteiger partial charge in [-0.3, -0.25) is 19.7 Å². The summed E-state index contributed by atoms with van der Waals surface area (Å²) < 4.78 is 21.7. The lowest BCUT2D eigenvalue weighted by atomic mass is 9.88. The molecule has 34 heavy (non-hydrogen) atoms. The minimum absolute atomic E-state index is 0.0159. The van der Waals surface area contributed by atoms with Crippen LogP contribution >= 0.6 is 0 Å². The number of hydrogen-bond acceptors (Lipinski definition) is 8. The van der Waals surface area contributed by atoms with Crippen molar-refractivity contribution in [1.82, 2.24) is 4.90 Å². The molecule has 10 nitrogen and oxygen atoms in total. The summed E-state index contributed by atoms with van der Waals surface area (Å²) in [5.74, 6) is 0.890. The number of ether oxygens (including phenoxy) is 4. The Hall–Kier alpha value is -3.82. The molecule has 10 heteroatoms. The molecule has 0 aliphatic carbocycles. The standard InChI is InChI=1S/C24H26N2O8/c1-3-32-22-14-18(26(29)30)17(13-20(22)31-2)24(28)25-8-6-15(7-9-25)23(27)16-4-5-19-21(12-16)34-11-10-33-19/h4-5,12-15H,3,6-11H2,1-2H3. The Balaban J connectivity index is 1.47. The van der Waals surface area contributed by atoms with Gasteiger partial charge in [-0.1, -0.05) is 0 Å². The highest BCUT2D eigenvalue weighted by Gasteiger charge is 2.33. The number of carbonyl (C=O) groups is 2. The van der Waals surface area contributed by atoms with Crippen LogP contribution in [0.25, 0.3) is 0 Å². The maximum absolute atomic E-state index is 13.2. The maximum atomic E-state index is 13.2. The summed E-state index contributed by atoms with van der Waals surface area (Å²) >= 11 is 0. The van der Waals surface area contributed by atoms with Crippen LogP contribution in [-0.2, 0) is 0 Å². The smallest absolute Gasteiger partial charge is 0.286 e. The van der Waals surface area contributed by atoms with Crippen molar-refractivity contribution in [3.63, 3.8) is 0 Å². The van der Waals surface area contributed by atoms with E-state index in [2.05, 4.69) is 0 Å². The van der Waals surface area contributed by atoms with Gasteiger partial charge in [-0.2, -0.15) is 0 Å². The topological polar surface area (TPSA) is 117 Å². The van der Waals surface area contributed by atoms with Crippen LogP contribution in [0.1, 0.15) is 40.5 Å². The molecule has 0 aromatic heterocycles. The number of ketones is 1. The third kappa shape index (κ3) is 4.61. The molecule has 4 rings (SSSR count). The average molecular weight is 470 g/mol. The third-order valence-electron chi connectivity index (χ3n) is 5.99. The molecule has 0 spiro atoms. The van der Waals surface area contributed by atoms with E-state index in [1.54, 1.807) is 25.1 Å². The molecule has 1 saturated heterocycles. The second-order valence-corrected chi connectivity index (χ2v) is 8.00. The van der Waals surface area contributed by atoms with E-state index in [1.807, 2.05) is 0 Å². The van der Waals surface area contributed by atoms with Crippen LogP contribution in [0, 0.1) is 16.0 Å². The first-order valence-electron chi connectivity index (χ1n) is 11.1. The summed E-state index contributed by atoms with van der Waals surface area (Å²) in [6.07, 6.45) is 0.919. The van der Waals surface area contributed by atoms with Gasteiger partial charge in [0.1, 0.15) is 18.8 Å². The minimum Gasteiger partial charge on any atom is -0.493 e. The van der Waals surface area contributed by atoms with Gasteiger partial charge < -0.3 is 23.8 Å². The van der Waals surface area contributed by atoms with E-state index < -0.39 is 10.8 Å². The molecule has 0 unspecified atom stereocenters. The predicted octanol–water partition coefficient (Wildman–Crippen LogP) is 3.51. The van der Waals surface area contributed by atoms with E-state index in [4.69, 9.17) is 18.9 Å². The second kappa shape index (κ2) is 9.98. The number of rotatable bonds is 7. The fourth-order valence-corrected chi connectivity index (χ4v) is 4.25. The largest absolute Gasteiger partial charge is 0.493 e. The summed E-state index contributed by atoms with van der Waals surface area (Å²) in [7, 11) is 1.41. The normalized spacial score (nSPS) is 15.5. The van der Waals surface area contributed by atoms with Crippen molar-refractivity contribution in [1.29, 1.82) is 0 Å². The van der Waals surface area contributed by atoms with Crippen LogP contribution < -0.4 is 18.9 Å². The Kier molecular flexibility index (Phi) is 6.85. The molecule has 0 saturated carbocycles. The molecule has 1 fully saturated rings. The lowest BCUT2D eigenvalue weighted by Crippen LogP contribution is -2.40. The zero-order chi connectivity index (χ0) is 24.2. The van der Waals surface area contributed by atoms with Gasteiger partial charge in [0.15, 0.2) is 28.8 Å². The number of methoxy groups -OCH3 is 1. The SMILES string of the molecule is CCOc1cc([N+](=O)[O-])c(C(=O)N2CCC(C(=O)c3ccc4c(c3)OCCO4)CC2)cc1OC. The number of hydrogen-bond donors (Lipinski definition) is 0. The van der Waals surface area contributed by atoms with Crippen molar-refractivity contribution < 1.29 is 33.5 Å².